The number of halogens is 1. The molecule has 2 aromatic carbocycles. The van der Waals surface area contributed by atoms with E-state index in [0.29, 0.717) is 11.5 Å². The van der Waals surface area contributed by atoms with E-state index < -0.39 is 12.6 Å². The van der Waals surface area contributed by atoms with Crippen molar-refractivity contribution in [3.05, 3.63) is 58.6 Å². The minimum absolute atomic E-state index is 0.152. The maximum absolute atomic E-state index is 11.6. The summed E-state index contributed by atoms with van der Waals surface area (Å²) in [6.45, 7) is -0.553. The van der Waals surface area contributed by atoms with Crippen molar-refractivity contribution >= 4 is 34.0 Å². The first-order chi connectivity index (χ1) is 12.0. The number of amides is 1. The van der Waals surface area contributed by atoms with Gasteiger partial charge in [-0.3, -0.25) is 4.79 Å². The van der Waals surface area contributed by atoms with Gasteiger partial charge in [0.1, 0.15) is 11.5 Å². The Hall–Kier alpha value is -2.87. The van der Waals surface area contributed by atoms with Gasteiger partial charge in [0.2, 0.25) is 0 Å². The first-order valence-electron chi connectivity index (χ1n) is 7.18. The Morgan fingerprint density at radius 3 is 2.16 bits per heavy atom. The maximum atomic E-state index is 11.6. The monoisotopic (exact) mass is 406 g/mol. The predicted octanol–water partition coefficient (Wildman–Crippen LogP) is 2.44. The highest BCUT2D eigenvalue weighted by molar-refractivity contribution is 9.10. The van der Waals surface area contributed by atoms with Crippen LogP contribution in [-0.4, -0.2) is 36.4 Å². The van der Waals surface area contributed by atoms with E-state index in [9.17, 15) is 9.59 Å². The number of aliphatic carboxylic acids is 1. The number of carbonyl (C=O) groups is 2. The highest BCUT2D eigenvalue weighted by Crippen LogP contribution is 2.15. The highest BCUT2D eigenvalue weighted by Gasteiger charge is 2.02. The maximum Gasteiger partial charge on any atom is 0.341 e. The number of carboxylic acid groups (broad SMARTS) is 1. The number of rotatable bonds is 8. The van der Waals surface area contributed by atoms with Gasteiger partial charge in [-0.15, -0.1) is 0 Å². The lowest BCUT2D eigenvalue weighted by Crippen LogP contribution is -2.24. The van der Waals surface area contributed by atoms with Gasteiger partial charge in [0, 0.05) is 4.47 Å². The van der Waals surface area contributed by atoms with Crippen molar-refractivity contribution in [1.29, 1.82) is 0 Å². The minimum Gasteiger partial charge on any atom is -0.484 e. The Bertz CT molecular complexity index is 745. The third-order valence-corrected chi connectivity index (χ3v) is 3.36. The summed E-state index contributed by atoms with van der Waals surface area (Å²) < 4.78 is 11.3. The molecule has 2 rings (SSSR count). The fraction of sp³-hybridized carbons (Fsp3) is 0.118. The molecule has 0 unspecified atom stereocenters. The van der Waals surface area contributed by atoms with Gasteiger partial charge in [-0.1, -0.05) is 15.9 Å². The van der Waals surface area contributed by atoms with Crippen molar-refractivity contribution in [3.63, 3.8) is 0 Å². The summed E-state index contributed by atoms with van der Waals surface area (Å²) >= 11 is 3.31. The van der Waals surface area contributed by atoms with Crippen LogP contribution in [0.15, 0.2) is 58.1 Å². The lowest BCUT2D eigenvalue weighted by Gasteiger charge is -2.05. The number of hydrogen-bond donors (Lipinski definition) is 2. The molecule has 8 heteroatoms. The minimum atomic E-state index is -1.04. The van der Waals surface area contributed by atoms with Crippen molar-refractivity contribution in [2.75, 3.05) is 13.2 Å². The van der Waals surface area contributed by atoms with E-state index >= 15 is 0 Å². The van der Waals surface area contributed by atoms with Crippen LogP contribution in [0.25, 0.3) is 0 Å². The SMILES string of the molecule is O=C(O)COc1ccc(C=NNC(=O)COc2ccc(Br)cc2)cc1. The van der Waals surface area contributed by atoms with Crippen LogP contribution in [0.4, 0.5) is 0 Å². The van der Waals surface area contributed by atoms with E-state index in [1.54, 1.807) is 36.4 Å². The predicted molar refractivity (Wildman–Crippen MR) is 94.9 cm³/mol. The van der Waals surface area contributed by atoms with Gasteiger partial charge in [0.25, 0.3) is 5.91 Å². The Morgan fingerprint density at radius 1 is 1.00 bits per heavy atom. The van der Waals surface area contributed by atoms with E-state index in [0.717, 1.165) is 10.0 Å². The molecule has 2 aromatic rings. The average molecular weight is 407 g/mol. The van der Waals surface area contributed by atoms with Crippen molar-refractivity contribution in [2.24, 2.45) is 5.10 Å². The molecular formula is C17H15BrN2O5. The molecule has 0 fully saturated rings. The molecule has 2 N–H and O–H groups in total. The topological polar surface area (TPSA) is 97.2 Å². The summed E-state index contributed by atoms with van der Waals surface area (Å²) in [7, 11) is 0. The molecular weight excluding hydrogens is 392 g/mol. The molecule has 0 spiro atoms. The zero-order valence-electron chi connectivity index (χ0n) is 13.0. The molecule has 0 saturated heterocycles. The fourth-order valence-electron chi connectivity index (χ4n) is 1.69. The number of ether oxygens (including phenoxy) is 2. The molecule has 0 bridgehead atoms. The summed E-state index contributed by atoms with van der Waals surface area (Å²) in [6.07, 6.45) is 1.46. The number of nitrogens with zero attached hydrogens (tertiary/aromatic N) is 1. The number of carboxylic acids is 1. The number of hydrogen-bond acceptors (Lipinski definition) is 5. The number of hydrazone groups is 1. The van der Waals surface area contributed by atoms with Crippen LogP contribution < -0.4 is 14.9 Å². The second-order valence-corrected chi connectivity index (χ2v) is 5.70. The highest BCUT2D eigenvalue weighted by atomic mass is 79.9. The van der Waals surface area contributed by atoms with Gasteiger partial charge in [-0.05, 0) is 54.1 Å². The molecule has 0 aliphatic heterocycles. The number of nitrogens with one attached hydrogen (secondary N) is 1. The summed E-state index contributed by atoms with van der Waals surface area (Å²) in [4.78, 5) is 22.0. The lowest BCUT2D eigenvalue weighted by atomic mass is 10.2. The second-order valence-electron chi connectivity index (χ2n) is 4.79. The van der Waals surface area contributed by atoms with Crippen LogP contribution in [0.3, 0.4) is 0 Å². The van der Waals surface area contributed by atoms with Crippen LogP contribution in [0, 0.1) is 0 Å². The molecule has 1 amide bonds. The van der Waals surface area contributed by atoms with E-state index in [4.69, 9.17) is 14.6 Å². The molecule has 0 radical (unpaired) electrons. The average Bonchev–Trinajstić information content (AvgIpc) is 2.60. The number of carbonyl (C=O) groups excluding carboxylic acids is 1. The van der Waals surface area contributed by atoms with Gasteiger partial charge >= 0.3 is 5.97 Å². The largest absolute Gasteiger partial charge is 0.484 e. The van der Waals surface area contributed by atoms with Gasteiger partial charge in [0.05, 0.1) is 6.21 Å². The smallest absolute Gasteiger partial charge is 0.341 e. The van der Waals surface area contributed by atoms with Gasteiger partial charge in [-0.2, -0.15) is 5.10 Å². The molecule has 0 aliphatic carbocycles. The van der Waals surface area contributed by atoms with Crippen LogP contribution >= 0.6 is 15.9 Å². The molecule has 0 aliphatic rings. The molecule has 0 aromatic heterocycles. The van der Waals surface area contributed by atoms with Crippen molar-refractivity contribution in [2.45, 2.75) is 0 Å². The summed E-state index contributed by atoms with van der Waals surface area (Å²) in [5, 5.41) is 12.4. The third-order valence-electron chi connectivity index (χ3n) is 2.83. The van der Waals surface area contributed by atoms with Crippen LogP contribution in [0.2, 0.25) is 0 Å². The van der Waals surface area contributed by atoms with Crippen LogP contribution in [0.5, 0.6) is 11.5 Å². The van der Waals surface area contributed by atoms with E-state index in [1.807, 2.05) is 12.1 Å². The molecule has 25 heavy (non-hydrogen) atoms. The van der Waals surface area contributed by atoms with Crippen molar-refractivity contribution in [3.8, 4) is 11.5 Å². The molecule has 130 valence electrons. The normalized spacial score (nSPS) is 10.4. The van der Waals surface area contributed by atoms with Crippen molar-refractivity contribution in [1.82, 2.24) is 5.43 Å². The standard InChI is InChI=1S/C17H15BrN2O5/c18-13-3-7-15(8-4-13)24-10-16(21)20-19-9-12-1-5-14(6-2-12)25-11-17(22)23/h1-9H,10-11H2,(H,20,21)(H,22,23). The first kappa shape index (κ1) is 18.5. The molecule has 7 nitrogen and oxygen atoms in total. The quantitative estimate of drug-likeness (QED) is 0.518. The Balaban J connectivity index is 1.74. The second kappa shape index (κ2) is 9.43. The van der Waals surface area contributed by atoms with E-state index in [-0.39, 0.29) is 12.5 Å². The third kappa shape index (κ3) is 7.05. The van der Waals surface area contributed by atoms with Gasteiger partial charge in [0.15, 0.2) is 13.2 Å². The van der Waals surface area contributed by atoms with E-state index in [2.05, 4.69) is 26.5 Å². The van der Waals surface area contributed by atoms with E-state index in [1.165, 1.54) is 6.21 Å². The summed E-state index contributed by atoms with van der Waals surface area (Å²) in [6, 6.07) is 13.7. The molecule has 0 heterocycles. The van der Waals surface area contributed by atoms with Crippen LogP contribution in [-0.2, 0) is 9.59 Å². The lowest BCUT2D eigenvalue weighted by molar-refractivity contribution is -0.139. The Morgan fingerprint density at radius 2 is 1.56 bits per heavy atom. The first-order valence-corrected chi connectivity index (χ1v) is 7.97. The Kier molecular flexibility index (Phi) is 6.97. The number of benzene rings is 2. The zero-order chi connectivity index (χ0) is 18.1. The van der Waals surface area contributed by atoms with Gasteiger partial charge in [-0.25, -0.2) is 10.2 Å². The van der Waals surface area contributed by atoms with Crippen molar-refractivity contribution < 1.29 is 24.2 Å². The Labute approximate surface area is 152 Å². The summed E-state index contributed by atoms with van der Waals surface area (Å²) in [5.74, 6) is -0.412. The molecule has 0 atom stereocenters. The van der Waals surface area contributed by atoms with Gasteiger partial charge < -0.3 is 14.6 Å². The zero-order valence-corrected chi connectivity index (χ0v) is 14.6. The fourth-order valence-corrected chi connectivity index (χ4v) is 1.95. The molecule has 0 saturated carbocycles. The van der Waals surface area contributed by atoms with Crippen LogP contribution in [0.1, 0.15) is 5.56 Å². The summed E-state index contributed by atoms with van der Waals surface area (Å²) in [5.41, 5.74) is 3.07.